The van der Waals surface area contributed by atoms with Crippen molar-refractivity contribution in [2.45, 2.75) is 52.9 Å². The fourth-order valence-corrected chi connectivity index (χ4v) is 1.96. The van der Waals surface area contributed by atoms with Gasteiger partial charge in [-0.1, -0.05) is 39.7 Å². The molecular formula is C16H29NO3. The monoisotopic (exact) mass is 283 g/mol. The second-order valence-corrected chi connectivity index (χ2v) is 4.97. The minimum Gasteiger partial charge on any atom is -0.465 e. The first kappa shape index (κ1) is 18.7. The smallest absolute Gasteiger partial charge is 0.307 e. The number of rotatable bonds is 11. The van der Waals surface area contributed by atoms with Crippen LogP contribution in [0.15, 0.2) is 12.7 Å². The third-order valence-corrected chi connectivity index (χ3v) is 3.48. The van der Waals surface area contributed by atoms with Gasteiger partial charge in [-0.2, -0.15) is 0 Å². The summed E-state index contributed by atoms with van der Waals surface area (Å²) < 4.78 is 5.30. The van der Waals surface area contributed by atoms with Crippen LogP contribution in [-0.4, -0.2) is 36.5 Å². The fraction of sp³-hybridized carbons (Fsp3) is 0.750. The molecule has 0 radical (unpaired) electrons. The summed E-state index contributed by atoms with van der Waals surface area (Å²) in [4.78, 5) is 24.7. The molecule has 0 aliphatic heterocycles. The summed E-state index contributed by atoms with van der Waals surface area (Å²) in [5.41, 5.74) is 0. The molecule has 1 unspecified atom stereocenters. The SMILES string of the molecule is C=CC(=O)N(CC)CCC(=O)OCC(CC)CCCC. The number of unbranched alkanes of at least 4 members (excludes halogenated alkanes) is 1. The van der Waals surface area contributed by atoms with Crippen LogP contribution in [0.4, 0.5) is 0 Å². The quantitative estimate of drug-likeness (QED) is 0.432. The lowest BCUT2D eigenvalue weighted by molar-refractivity contribution is -0.145. The number of esters is 1. The van der Waals surface area contributed by atoms with Crippen LogP contribution in [0.5, 0.6) is 0 Å². The lowest BCUT2D eigenvalue weighted by atomic mass is 10.0. The van der Waals surface area contributed by atoms with Gasteiger partial charge < -0.3 is 9.64 Å². The van der Waals surface area contributed by atoms with Crippen LogP contribution >= 0.6 is 0 Å². The Morgan fingerprint density at radius 2 is 2.00 bits per heavy atom. The molecule has 0 saturated carbocycles. The predicted octanol–water partition coefficient (Wildman–Crippen LogP) is 3.17. The van der Waals surface area contributed by atoms with Crippen molar-refractivity contribution >= 4 is 11.9 Å². The fourth-order valence-electron chi connectivity index (χ4n) is 1.96. The van der Waals surface area contributed by atoms with Crippen molar-refractivity contribution in [3.63, 3.8) is 0 Å². The maximum absolute atomic E-state index is 11.7. The van der Waals surface area contributed by atoms with Gasteiger partial charge in [0.1, 0.15) is 0 Å². The summed E-state index contributed by atoms with van der Waals surface area (Å²) in [5.74, 6) is 0.0842. The molecule has 1 atom stereocenters. The Hall–Kier alpha value is -1.32. The van der Waals surface area contributed by atoms with Gasteiger partial charge in [0.15, 0.2) is 0 Å². The van der Waals surface area contributed by atoms with E-state index in [1.807, 2.05) is 6.92 Å². The molecule has 0 rings (SSSR count). The number of carbonyl (C=O) groups is 2. The van der Waals surface area contributed by atoms with Crippen LogP contribution in [0.3, 0.4) is 0 Å². The Morgan fingerprint density at radius 3 is 2.50 bits per heavy atom. The van der Waals surface area contributed by atoms with Gasteiger partial charge in [-0.15, -0.1) is 0 Å². The Labute approximate surface area is 123 Å². The first-order valence-corrected chi connectivity index (χ1v) is 7.65. The summed E-state index contributed by atoms with van der Waals surface area (Å²) >= 11 is 0. The van der Waals surface area contributed by atoms with Crippen molar-refractivity contribution in [1.29, 1.82) is 0 Å². The standard InChI is InChI=1S/C16H29NO3/c1-5-9-10-14(6-2)13-20-16(19)11-12-17(8-4)15(18)7-3/h7,14H,3,5-6,8-13H2,1-2,4H3. The minimum atomic E-state index is -0.227. The number of hydrogen-bond donors (Lipinski definition) is 0. The number of likely N-dealkylation sites (N-methyl/N-ethyl adjacent to an activating group) is 1. The van der Waals surface area contributed by atoms with Gasteiger partial charge >= 0.3 is 5.97 Å². The van der Waals surface area contributed by atoms with Gasteiger partial charge in [0, 0.05) is 13.1 Å². The first-order valence-electron chi connectivity index (χ1n) is 7.65. The van der Waals surface area contributed by atoms with Crippen molar-refractivity contribution in [3.8, 4) is 0 Å². The van der Waals surface area contributed by atoms with Crippen molar-refractivity contribution in [3.05, 3.63) is 12.7 Å². The van der Waals surface area contributed by atoms with E-state index in [4.69, 9.17) is 4.74 Å². The lowest BCUT2D eigenvalue weighted by Gasteiger charge is -2.19. The summed E-state index contributed by atoms with van der Waals surface area (Å²) in [5, 5.41) is 0. The second kappa shape index (κ2) is 11.5. The van der Waals surface area contributed by atoms with Gasteiger partial charge in [0.05, 0.1) is 13.0 Å². The largest absolute Gasteiger partial charge is 0.465 e. The molecule has 0 aliphatic carbocycles. The van der Waals surface area contributed by atoms with Crippen molar-refractivity contribution in [2.75, 3.05) is 19.7 Å². The van der Waals surface area contributed by atoms with E-state index in [1.54, 1.807) is 4.90 Å². The van der Waals surface area contributed by atoms with Crippen molar-refractivity contribution < 1.29 is 14.3 Å². The molecule has 0 fully saturated rings. The Balaban J connectivity index is 3.97. The van der Waals surface area contributed by atoms with Gasteiger partial charge in [0.2, 0.25) is 5.91 Å². The van der Waals surface area contributed by atoms with Crippen molar-refractivity contribution in [1.82, 2.24) is 4.90 Å². The molecule has 20 heavy (non-hydrogen) atoms. The number of amides is 1. The summed E-state index contributed by atoms with van der Waals surface area (Å²) in [6.07, 6.45) is 6.00. The Kier molecular flexibility index (Phi) is 10.7. The number of carbonyl (C=O) groups excluding carboxylic acids is 2. The van der Waals surface area contributed by atoms with E-state index >= 15 is 0 Å². The molecule has 0 aromatic carbocycles. The average Bonchev–Trinajstić information content (AvgIpc) is 2.47. The van der Waals surface area contributed by atoms with Gasteiger partial charge in [-0.25, -0.2) is 0 Å². The van der Waals surface area contributed by atoms with E-state index in [2.05, 4.69) is 20.4 Å². The van der Waals surface area contributed by atoms with E-state index in [-0.39, 0.29) is 18.3 Å². The highest BCUT2D eigenvalue weighted by molar-refractivity contribution is 5.87. The number of nitrogens with zero attached hydrogens (tertiary/aromatic N) is 1. The predicted molar refractivity (Wildman–Crippen MR) is 81.3 cm³/mol. The van der Waals surface area contributed by atoms with E-state index in [0.29, 0.717) is 25.6 Å². The van der Waals surface area contributed by atoms with E-state index in [9.17, 15) is 9.59 Å². The minimum absolute atomic E-state index is 0.144. The number of ether oxygens (including phenoxy) is 1. The summed E-state index contributed by atoms with van der Waals surface area (Å²) in [6, 6.07) is 0. The van der Waals surface area contributed by atoms with Crippen LogP contribution in [0.25, 0.3) is 0 Å². The third kappa shape index (κ3) is 7.97. The maximum Gasteiger partial charge on any atom is 0.307 e. The zero-order chi connectivity index (χ0) is 15.4. The van der Waals surface area contributed by atoms with Crippen LogP contribution in [0.2, 0.25) is 0 Å². The topological polar surface area (TPSA) is 46.6 Å². The van der Waals surface area contributed by atoms with Crippen molar-refractivity contribution in [2.24, 2.45) is 5.92 Å². The van der Waals surface area contributed by atoms with Crippen LogP contribution in [0.1, 0.15) is 52.9 Å². The normalized spacial score (nSPS) is 11.8. The molecule has 116 valence electrons. The number of hydrogen-bond acceptors (Lipinski definition) is 3. The molecule has 0 bridgehead atoms. The zero-order valence-electron chi connectivity index (χ0n) is 13.2. The highest BCUT2D eigenvalue weighted by Gasteiger charge is 2.13. The molecule has 1 amide bonds. The molecular weight excluding hydrogens is 254 g/mol. The zero-order valence-corrected chi connectivity index (χ0v) is 13.2. The maximum atomic E-state index is 11.7. The molecule has 0 aromatic heterocycles. The lowest BCUT2D eigenvalue weighted by Crippen LogP contribution is -2.31. The molecule has 0 aromatic rings. The van der Waals surface area contributed by atoms with Crippen LogP contribution < -0.4 is 0 Å². The third-order valence-electron chi connectivity index (χ3n) is 3.48. The van der Waals surface area contributed by atoms with E-state index in [1.165, 1.54) is 18.9 Å². The second-order valence-electron chi connectivity index (χ2n) is 4.97. The van der Waals surface area contributed by atoms with Gasteiger partial charge in [-0.05, 0) is 25.3 Å². The first-order chi connectivity index (χ1) is 9.58. The van der Waals surface area contributed by atoms with Crippen LogP contribution in [0, 0.1) is 5.92 Å². The highest BCUT2D eigenvalue weighted by Crippen LogP contribution is 2.13. The van der Waals surface area contributed by atoms with E-state index < -0.39 is 0 Å². The van der Waals surface area contributed by atoms with Gasteiger partial charge in [0.25, 0.3) is 0 Å². The van der Waals surface area contributed by atoms with E-state index in [0.717, 1.165) is 12.8 Å². The molecule has 0 heterocycles. The van der Waals surface area contributed by atoms with Crippen LogP contribution in [-0.2, 0) is 14.3 Å². The molecule has 0 spiro atoms. The summed E-state index contributed by atoms with van der Waals surface area (Å²) in [6.45, 7) is 11.1. The molecule has 0 aliphatic rings. The highest BCUT2D eigenvalue weighted by atomic mass is 16.5. The molecule has 0 N–H and O–H groups in total. The molecule has 4 heteroatoms. The average molecular weight is 283 g/mol. The van der Waals surface area contributed by atoms with Gasteiger partial charge in [-0.3, -0.25) is 9.59 Å². The summed E-state index contributed by atoms with van der Waals surface area (Å²) in [7, 11) is 0. The molecule has 0 saturated heterocycles. The Bertz CT molecular complexity index is 302. The molecule has 4 nitrogen and oxygen atoms in total. The Morgan fingerprint density at radius 1 is 1.30 bits per heavy atom.